The summed E-state index contributed by atoms with van der Waals surface area (Å²) >= 11 is 0. The average Bonchev–Trinajstić information content (AvgIpc) is 2.57. The lowest BCUT2D eigenvalue weighted by atomic mass is 10.1. The first kappa shape index (κ1) is 14.3. The lowest BCUT2D eigenvalue weighted by Crippen LogP contribution is -2.37. The highest BCUT2D eigenvalue weighted by Crippen LogP contribution is 2.08. The maximum Gasteiger partial charge on any atom is 0.118 e. The normalized spacial score (nSPS) is 12.4. The van der Waals surface area contributed by atoms with Gasteiger partial charge >= 0.3 is 0 Å². The monoisotopic (exact) mass is 238 g/mol. The minimum atomic E-state index is 0.219. The first-order valence-electron chi connectivity index (χ1n) is 6.36. The first-order valence-corrected chi connectivity index (χ1v) is 6.36. The second-order valence-corrected chi connectivity index (χ2v) is 5.78. The van der Waals surface area contributed by atoms with E-state index in [1.54, 1.807) is 0 Å². The second-order valence-electron chi connectivity index (χ2n) is 5.78. The van der Waals surface area contributed by atoms with Gasteiger partial charge in [0.1, 0.15) is 11.5 Å². The maximum atomic E-state index is 5.56. The lowest BCUT2D eigenvalue weighted by molar-refractivity contribution is 0.282. The van der Waals surface area contributed by atoms with Crippen molar-refractivity contribution < 1.29 is 4.42 Å². The van der Waals surface area contributed by atoms with Gasteiger partial charge in [0.05, 0.1) is 6.54 Å². The minimum Gasteiger partial charge on any atom is -0.465 e. The van der Waals surface area contributed by atoms with Gasteiger partial charge in [-0.2, -0.15) is 0 Å². The van der Waals surface area contributed by atoms with Crippen molar-refractivity contribution in [2.24, 2.45) is 0 Å². The van der Waals surface area contributed by atoms with E-state index in [2.05, 4.69) is 44.1 Å². The zero-order valence-corrected chi connectivity index (χ0v) is 11.8. The fourth-order valence-electron chi connectivity index (χ4n) is 1.73. The van der Waals surface area contributed by atoms with Crippen LogP contribution >= 0.6 is 0 Å². The van der Waals surface area contributed by atoms with E-state index in [1.807, 2.05) is 13.0 Å². The Balaban J connectivity index is 2.15. The Kier molecular flexibility index (Phi) is 5.22. The molecule has 0 aliphatic heterocycles. The molecule has 0 spiro atoms. The number of hydrogen-bond donors (Lipinski definition) is 1. The summed E-state index contributed by atoms with van der Waals surface area (Å²) in [5, 5.41) is 3.50. The molecule has 1 rings (SSSR count). The molecule has 0 aliphatic carbocycles. The van der Waals surface area contributed by atoms with Gasteiger partial charge in [0.25, 0.3) is 0 Å². The number of nitrogens with zero attached hydrogens (tertiary/aromatic N) is 1. The smallest absolute Gasteiger partial charge is 0.118 e. The van der Waals surface area contributed by atoms with Crippen molar-refractivity contribution in [2.45, 2.75) is 46.2 Å². The summed E-state index contributed by atoms with van der Waals surface area (Å²) in [7, 11) is 2.13. The molecule has 1 aromatic heterocycles. The van der Waals surface area contributed by atoms with Crippen molar-refractivity contribution in [2.75, 3.05) is 20.1 Å². The minimum absolute atomic E-state index is 0.219. The molecular weight excluding hydrogens is 212 g/mol. The van der Waals surface area contributed by atoms with Crippen LogP contribution in [0.4, 0.5) is 0 Å². The molecule has 0 amide bonds. The SMILES string of the molecule is Cc1ccc(CN(C)CCCNC(C)(C)C)o1. The Bertz CT molecular complexity index is 325. The standard InChI is InChI=1S/C14H26N2O/c1-12-7-8-13(17-12)11-16(5)10-6-9-15-14(2,3)4/h7-8,15H,6,9-11H2,1-5H3. The summed E-state index contributed by atoms with van der Waals surface area (Å²) in [4.78, 5) is 2.29. The summed E-state index contributed by atoms with van der Waals surface area (Å²) in [5.74, 6) is 2.04. The van der Waals surface area contributed by atoms with Crippen molar-refractivity contribution >= 4 is 0 Å². The summed E-state index contributed by atoms with van der Waals surface area (Å²) in [6, 6.07) is 4.07. The second kappa shape index (κ2) is 6.22. The quantitative estimate of drug-likeness (QED) is 0.773. The molecule has 0 saturated carbocycles. The Morgan fingerprint density at radius 3 is 2.53 bits per heavy atom. The van der Waals surface area contributed by atoms with Gasteiger partial charge in [-0.1, -0.05) is 0 Å². The molecule has 1 aromatic rings. The Morgan fingerprint density at radius 2 is 2.00 bits per heavy atom. The topological polar surface area (TPSA) is 28.4 Å². The molecule has 98 valence electrons. The van der Waals surface area contributed by atoms with Crippen molar-refractivity contribution in [3.63, 3.8) is 0 Å². The number of nitrogens with one attached hydrogen (secondary N) is 1. The molecule has 0 atom stereocenters. The van der Waals surface area contributed by atoms with E-state index in [0.29, 0.717) is 0 Å². The van der Waals surface area contributed by atoms with Crippen molar-refractivity contribution in [3.05, 3.63) is 23.7 Å². The Labute approximate surface area is 105 Å². The third-order valence-corrected chi connectivity index (χ3v) is 2.59. The van der Waals surface area contributed by atoms with Gasteiger partial charge in [0.15, 0.2) is 0 Å². The molecular formula is C14H26N2O. The van der Waals surface area contributed by atoms with E-state index in [1.165, 1.54) is 0 Å². The van der Waals surface area contributed by atoms with Gasteiger partial charge in [-0.05, 0) is 66.4 Å². The summed E-state index contributed by atoms with van der Waals surface area (Å²) in [6.45, 7) is 11.6. The summed E-state index contributed by atoms with van der Waals surface area (Å²) in [6.07, 6.45) is 1.16. The fraction of sp³-hybridized carbons (Fsp3) is 0.714. The maximum absolute atomic E-state index is 5.56. The summed E-state index contributed by atoms with van der Waals surface area (Å²) < 4.78 is 5.56. The Morgan fingerprint density at radius 1 is 1.29 bits per heavy atom. The van der Waals surface area contributed by atoms with Crippen LogP contribution in [0.3, 0.4) is 0 Å². The van der Waals surface area contributed by atoms with Crippen LogP contribution in [0.15, 0.2) is 16.5 Å². The Hall–Kier alpha value is -0.800. The van der Waals surface area contributed by atoms with Crippen LogP contribution in [0.2, 0.25) is 0 Å². The van der Waals surface area contributed by atoms with E-state index >= 15 is 0 Å². The van der Waals surface area contributed by atoms with Gasteiger partial charge in [-0.25, -0.2) is 0 Å². The molecule has 3 nitrogen and oxygen atoms in total. The molecule has 0 aliphatic rings. The molecule has 0 unspecified atom stereocenters. The highest BCUT2D eigenvalue weighted by molar-refractivity contribution is 5.05. The van der Waals surface area contributed by atoms with Gasteiger partial charge in [-0.15, -0.1) is 0 Å². The zero-order valence-electron chi connectivity index (χ0n) is 11.8. The van der Waals surface area contributed by atoms with Gasteiger partial charge < -0.3 is 9.73 Å². The van der Waals surface area contributed by atoms with Crippen molar-refractivity contribution in [1.82, 2.24) is 10.2 Å². The summed E-state index contributed by atoms with van der Waals surface area (Å²) in [5.41, 5.74) is 0.219. The lowest BCUT2D eigenvalue weighted by Gasteiger charge is -2.21. The van der Waals surface area contributed by atoms with Crippen LogP contribution in [-0.4, -0.2) is 30.6 Å². The van der Waals surface area contributed by atoms with Crippen LogP contribution < -0.4 is 5.32 Å². The number of aryl methyl sites for hydroxylation is 1. The van der Waals surface area contributed by atoms with Crippen LogP contribution in [0.25, 0.3) is 0 Å². The van der Waals surface area contributed by atoms with Gasteiger partial charge in [-0.3, -0.25) is 4.90 Å². The molecule has 1 heterocycles. The van der Waals surface area contributed by atoms with Gasteiger partial charge in [0.2, 0.25) is 0 Å². The van der Waals surface area contributed by atoms with Gasteiger partial charge in [0, 0.05) is 5.54 Å². The molecule has 3 heteroatoms. The molecule has 17 heavy (non-hydrogen) atoms. The van der Waals surface area contributed by atoms with E-state index in [-0.39, 0.29) is 5.54 Å². The fourth-order valence-corrected chi connectivity index (χ4v) is 1.73. The van der Waals surface area contributed by atoms with E-state index < -0.39 is 0 Å². The van der Waals surface area contributed by atoms with E-state index in [0.717, 1.165) is 37.6 Å². The molecule has 0 radical (unpaired) electrons. The molecule has 0 saturated heterocycles. The van der Waals surface area contributed by atoms with E-state index in [4.69, 9.17) is 4.42 Å². The number of furan rings is 1. The molecule has 0 bridgehead atoms. The predicted molar refractivity (Wildman–Crippen MR) is 72.2 cm³/mol. The highest BCUT2D eigenvalue weighted by atomic mass is 16.3. The van der Waals surface area contributed by atoms with Crippen LogP contribution in [-0.2, 0) is 6.54 Å². The predicted octanol–water partition coefficient (Wildman–Crippen LogP) is 2.80. The highest BCUT2D eigenvalue weighted by Gasteiger charge is 2.08. The van der Waals surface area contributed by atoms with Crippen LogP contribution in [0.1, 0.15) is 38.7 Å². The van der Waals surface area contributed by atoms with Crippen molar-refractivity contribution in [3.8, 4) is 0 Å². The zero-order chi connectivity index (χ0) is 12.9. The largest absolute Gasteiger partial charge is 0.465 e. The van der Waals surface area contributed by atoms with E-state index in [9.17, 15) is 0 Å². The number of hydrogen-bond acceptors (Lipinski definition) is 3. The average molecular weight is 238 g/mol. The molecule has 0 aromatic carbocycles. The van der Waals surface area contributed by atoms with Crippen LogP contribution in [0.5, 0.6) is 0 Å². The molecule has 1 N–H and O–H groups in total. The van der Waals surface area contributed by atoms with Crippen molar-refractivity contribution in [1.29, 1.82) is 0 Å². The first-order chi connectivity index (χ1) is 7.87. The number of rotatable bonds is 6. The third-order valence-electron chi connectivity index (χ3n) is 2.59. The van der Waals surface area contributed by atoms with Crippen LogP contribution in [0, 0.1) is 6.92 Å². The molecule has 0 fully saturated rings. The third kappa shape index (κ3) is 6.49.